The van der Waals surface area contributed by atoms with Gasteiger partial charge in [0.1, 0.15) is 0 Å². The topological polar surface area (TPSA) is 49.3 Å². The van der Waals surface area contributed by atoms with E-state index in [0.717, 1.165) is 10.2 Å². The normalized spacial score (nSPS) is 11.9. The van der Waals surface area contributed by atoms with Crippen LogP contribution in [-0.4, -0.2) is 11.1 Å². The van der Waals surface area contributed by atoms with Crippen LogP contribution in [0.5, 0.6) is 0 Å². The second-order valence-electron chi connectivity index (χ2n) is 3.98. The van der Waals surface area contributed by atoms with Crippen molar-refractivity contribution in [2.45, 2.75) is 6.04 Å². The van der Waals surface area contributed by atoms with Gasteiger partial charge in [0.05, 0.1) is 0 Å². The minimum atomic E-state index is -0.942. The summed E-state index contributed by atoms with van der Waals surface area (Å²) >= 11 is 9.15. The number of halogens is 2. The van der Waals surface area contributed by atoms with Gasteiger partial charge in [0.15, 0.2) is 6.04 Å². The SMILES string of the molecule is O=C(O)C(Nc1cccc(Br)c1)c1ccc(Cl)cc1. The summed E-state index contributed by atoms with van der Waals surface area (Å²) in [4.78, 5) is 11.4. The van der Waals surface area contributed by atoms with Crippen LogP contribution in [-0.2, 0) is 4.79 Å². The van der Waals surface area contributed by atoms with E-state index in [9.17, 15) is 9.90 Å². The molecule has 0 amide bonds. The lowest BCUT2D eigenvalue weighted by Crippen LogP contribution is -2.20. The smallest absolute Gasteiger partial charge is 0.330 e. The van der Waals surface area contributed by atoms with Crippen LogP contribution in [0.1, 0.15) is 11.6 Å². The molecule has 2 aromatic carbocycles. The standard InChI is InChI=1S/C14H11BrClNO2/c15-10-2-1-3-12(8-10)17-13(14(18)19)9-4-6-11(16)7-5-9/h1-8,13,17H,(H,18,19). The maximum atomic E-state index is 11.4. The quantitative estimate of drug-likeness (QED) is 0.870. The molecular formula is C14H11BrClNO2. The molecule has 0 saturated carbocycles. The van der Waals surface area contributed by atoms with Gasteiger partial charge in [-0.2, -0.15) is 0 Å². The van der Waals surface area contributed by atoms with Crippen LogP contribution in [0.25, 0.3) is 0 Å². The zero-order chi connectivity index (χ0) is 13.8. The third-order valence-corrected chi connectivity index (χ3v) is 3.33. The molecule has 0 spiro atoms. The fraction of sp³-hybridized carbons (Fsp3) is 0.0714. The zero-order valence-electron chi connectivity index (χ0n) is 9.81. The molecule has 5 heteroatoms. The third-order valence-electron chi connectivity index (χ3n) is 2.59. The Hall–Kier alpha value is -1.52. The van der Waals surface area contributed by atoms with Crippen LogP contribution in [0.15, 0.2) is 53.0 Å². The van der Waals surface area contributed by atoms with Gasteiger partial charge in [-0.3, -0.25) is 0 Å². The van der Waals surface area contributed by atoms with Crippen molar-refractivity contribution in [1.82, 2.24) is 0 Å². The molecule has 1 unspecified atom stereocenters. The van der Waals surface area contributed by atoms with Crippen molar-refractivity contribution in [3.8, 4) is 0 Å². The van der Waals surface area contributed by atoms with Crippen molar-refractivity contribution in [2.24, 2.45) is 0 Å². The molecule has 2 aromatic rings. The number of aliphatic carboxylic acids is 1. The lowest BCUT2D eigenvalue weighted by molar-refractivity contribution is -0.138. The fourth-order valence-corrected chi connectivity index (χ4v) is 2.21. The van der Waals surface area contributed by atoms with E-state index in [2.05, 4.69) is 21.2 Å². The van der Waals surface area contributed by atoms with Gasteiger partial charge < -0.3 is 10.4 Å². The highest BCUT2D eigenvalue weighted by Gasteiger charge is 2.19. The first-order valence-electron chi connectivity index (χ1n) is 5.56. The summed E-state index contributed by atoms with van der Waals surface area (Å²) in [6.07, 6.45) is 0. The highest BCUT2D eigenvalue weighted by atomic mass is 79.9. The highest BCUT2D eigenvalue weighted by molar-refractivity contribution is 9.10. The molecule has 19 heavy (non-hydrogen) atoms. The summed E-state index contributed by atoms with van der Waals surface area (Å²) in [6, 6.07) is 13.3. The van der Waals surface area contributed by atoms with E-state index >= 15 is 0 Å². The van der Waals surface area contributed by atoms with E-state index < -0.39 is 12.0 Å². The highest BCUT2D eigenvalue weighted by Crippen LogP contribution is 2.23. The molecule has 0 heterocycles. The van der Waals surface area contributed by atoms with Crippen LogP contribution >= 0.6 is 27.5 Å². The van der Waals surface area contributed by atoms with Crippen molar-refractivity contribution in [3.63, 3.8) is 0 Å². The number of carboxylic acids is 1. The number of benzene rings is 2. The molecule has 2 rings (SSSR count). The Kier molecular flexibility index (Phi) is 4.45. The van der Waals surface area contributed by atoms with E-state index in [0.29, 0.717) is 10.6 Å². The van der Waals surface area contributed by atoms with Gasteiger partial charge in [-0.1, -0.05) is 45.7 Å². The van der Waals surface area contributed by atoms with E-state index in [-0.39, 0.29) is 0 Å². The number of carbonyl (C=O) groups is 1. The minimum absolute atomic E-state index is 0.579. The van der Waals surface area contributed by atoms with E-state index in [1.54, 1.807) is 24.3 Å². The van der Waals surface area contributed by atoms with Crippen LogP contribution in [0.2, 0.25) is 5.02 Å². The summed E-state index contributed by atoms with van der Waals surface area (Å²) in [5, 5.41) is 12.9. The van der Waals surface area contributed by atoms with Crippen LogP contribution < -0.4 is 5.32 Å². The van der Waals surface area contributed by atoms with Gasteiger partial charge >= 0.3 is 5.97 Å². The van der Waals surface area contributed by atoms with Gasteiger partial charge in [0.25, 0.3) is 0 Å². The first-order chi connectivity index (χ1) is 9.06. The Balaban J connectivity index is 2.26. The molecule has 0 aliphatic rings. The second kappa shape index (κ2) is 6.08. The molecule has 1 atom stereocenters. The van der Waals surface area contributed by atoms with Gasteiger partial charge in [0.2, 0.25) is 0 Å². The molecule has 0 fully saturated rings. The van der Waals surface area contributed by atoms with Gasteiger partial charge in [0, 0.05) is 15.2 Å². The van der Waals surface area contributed by atoms with Crippen molar-refractivity contribution in [1.29, 1.82) is 0 Å². The number of hydrogen-bond acceptors (Lipinski definition) is 2. The van der Waals surface area contributed by atoms with Gasteiger partial charge in [-0.25, -0.2) is 4.79 Å². The number of carboxylic acid groups (broad SMARTS) is 1. The van der Waals surface area contributed by atoms with E-state index in [4.69, 9.17) is 11.6 Å². The molecule has 98 valence electrons. The summed E-state index contributed by atoms with van der Waals surface area (Å²) in [7, 11) is 0. The first-order valence-corrected chi connectivity index (χ1v) is 6.74. The van der Waals surface area contributed by atoms with Gasteiger partial charge in [-0.05, 0) is 35.9 Å². The molecule has 0 aliphatic heterocycles. The minimum Gasteiger partial charge on any atom is -0.479 e. The average Bonchev–Trinajstić information content (AvgIpc) is 2.37. The summed E-state index contributed by atoms with van der Waals surface area (Å²) in [5.74, 6) is -0.942. The van der Waals surface area contributed by atoms with Crippen molar-refractivity contribution >= 4 is 39.2 Å². The number of nitrogens with one attached hydrogen (secondary N) is 1. The predicted molar refractivity (Wildman–Crippen MR) is 79.6 cm³/mol. The maximum Gasteiger partial charge on any atom is 0.330 e. The Bertz CT molecular complexity index is 586. The molecule has 0 saturated heterocycles. The molecule has 3 nitrogen and oxygen atoms in total. The molecular weight excluding hydrogens is 330 g/mol. The molecule has 0 aliphatic carbocycles. The number of hydrogen-bond donors (Lipinski definition) is 2. The zero-order valence-corrected chi connectivity index (χ0v) is 12.1. The summed E-state index contributed by atoms with van der Waals surface area (Å²) in [5.41, 5.74) is 1.38. The van der Waals surface area contributed by atoms with Crippen molar-refractivity contribution < 1.29 is 9.90 Å². The lowest BCUT2D eigenvalue weighted by Gasteiger charge is -2.16. The average molecular weight is 341 g/mol. The van der Waals surface area contributed by atoms with E-state index in [1.807, 2.05) is 24.3 Å². The van der Waals surface area contributed by atoms with Crippen LogP contribution in [0, 0.1) is 0 Å². The third kappa shape index (κ3) is 3.72. The lowest BCUT2D eigenvalue weighted by atomic mass is 10.1. The Morgan fingerprint density at radius 1 is 1.21 bits per heavy atom. The molecule has 0 radical (unpaired) electrons. The Morgan fingerprint density at radius 2 is 1.89 bits per heavy atom. The van der Waals surface area contributed by atoms with E-state index in [1.165, 1.54) is 0 Å². The summed E-state index contributed by atoms with van der Waals surface area (Å²) in [6.45, 7) is 0. The Labute approximate surface area is 124 Å². The van der Waals surface area contributed by atoms with Crippen molar-refractivity contribution in [2.75, 3.05) is 5.32 Å². The largest absolute Gasteiger partial charge is 0.479 e. The van der Waals surface area contributed by atoms with Crippen molar-refractivity contribution in [3.05, 3.63) is 63.6 Å². The van der Waals surface area contributed by atoms with Gasteiger partial charge in [-0.15, -0.1) is 0 Å². The van der Waals surface area contributed by atoms with Crippen LogP contribution in [0.3, 0.4) is 0 Å². The number of anilines is 1. The molecule has 0 aromatic heterocycles. The Morgan fingerprint density at radius 3 is 2.47 bits per heavy atom. The monoisotopic (exact) mass is 339 g/mol. The second-order valence-corrected chi connectivity index (χ2v) is 5.33. The first kappa shape index (κ1) is 13.9. The van der Waals surface area contributed by atoms with Crippen LogP contribution in [0.4, 0.5) is 5.69 Å². The predicted octanol–water partition coefficient (Wildman–Crippen LogP) is 4.34. The molecule has 0 bridgehead atoms. The molecule has 2 N–H and O–H groups in total. The fourth-order valence-electron chi connectivity index (χ4n) is 1.69. The number of rotatable bonds is 4. The summed E-state index contributed by atoms with van der Waals surface area (Å²) < 4.78 is 0.887. The maximum absolute atomic E-state index is 11.4.